The molecule has 202 valence electrons. The van der Waals surface area contributed by atoms with Crippen LogP contribution < -0.4 is 29.0 Å². The molecule has 0 spiro atoms. The third kappa shape index (κ3) is 4.79. The van der Waals surface area contributed by atoms with E-state index in [2.05, 4.69) is 53.5 Å². The molecule has 0 saturated heterocycles. The van der Waals surface area contributed by atoms with Crippen LogP contribution in [-0.2, 0) is 0 Å². The molecule has 0 saturated carbocycles. The average Bonchev–Trinajstić information content (AvgIpc) is 3.08. The first-order valence-electron chi connectivity index (χ1n) is 14.2. The number of pyridine rings is 1. The average molecular weight is 560 g/mol. The Labute approximate surface area is 266 Å². The molecule has 0 fully saturated rings. The van der Waals surface area contributed by atoms with Gasteiger partial charge in [-0.1, -0.05) is 109 Å². The molecular weight excluding hydrogens is 535 g/mol. The van der Waals surface area contributed by atoms with Crippen molar-refractivity contribution in [3.8, 4) is 51.0 Å². The minimum atomic E-state index is -0.0309. The van der Waals surface area contributed by atoms with Crippen molar-refractivity contribution in [1.29, 1.82) is 0 Å². The van der Waals surface area contributed by atoms with Crippen molar-refractivity contribution in [2.45, 2.75) is 0 Å². The van der Waals surface area contributed by atoms with Gasteiger partial charge in [0.05, 0.1) is 5.39 Å². The summed E-state index contributed by atoms with van der Waals surface area (Å²) in [6, 6.07) is 44.5. The van der Waals surface area contributed by atoms with Gasteiger partial charge in [0.15, 0.2) is 23.7 Å². The number of nitrogens with one attached hydrogen (secondary N) is 1. The Balaban J connectivity index is 0.00000312. The van der Waals surface area contributed by atoms with E-state index in [9.17, 15) is 5.11 Å². The van der Waals surface area contributed by atoms with E-state index in [4.69, 9.17) is 15.0 Å². The van der Waals surface area contributed by atoms with Gasteiger partial charge >= 0.3 is 18.9 Å². The van der Waals surface area contributed by atoms with Crippen molar-refractivity contribution in [3.05, 3.63) is 140 Å². The zero-order valence-electron chi connectivity index (χ0n) is 24.0. The van der Waals surface area contributed by atoms with Crippen LogP contribution >= 0.6 is 0 Å². The van der Waals surface area contributed by atoms with Crippen molar-refractivity contribution in [1.82, 2.24) is 15.0 Å². The van der Waals surface area contributed by atoms with Crippen LogP contribution in [0.4, 0.5) is 0 Å². The number of aromatic nitrogens is 4. The molecule has 8 rings (SSSR count). The van der Waals surface area contributed by atoms with Crippen LogP contribution in [0.5, 0.6) is 5.75 Å². The molecule has 0 amide bonds. The van der Waals surface area contributed by atoms with E-state index < -0.39 is 0 Å². The molecule has 0 bridgehead atoms. The monoisotopic (exact) mass is 559 g/mol. The summed E-state index contributed by atoms with van der Waals surface area (Å²) < 4.78 is 0. The summed E-state index contributed by atoms with van der Waals surface area (Å²) >= 11 is 0. The maximum atomic E-state index is 12.8. The van der Waals surface area contributed by atoms with Crippen LogP contribution in [-0.4, -0.2) is 15.0 Å². The van der Waals surface area contributed by atoms with Gasteiger partial charge in [-0.3, -0.25) is 0 Å². The fourth-order valence-corrected chi connectivity index (χ4v) is 5.84. The van der Waals surface area contributed by atoms with Gasteiger partial charge in [-0.2, -0.15) is 0 Å². The largest absolute Gasteiger partial charge is 1.00 e. The van der Waals surface area contributed by atoms with Crippen molar-refractivity contribution < 1.29 is 29.0 Å². The van der Waals surface area contributed by atoms with E-state index in [-0.39, 0.29) is 24.6 Å². The number of fused-ring (bicyclic) bond motifs is 3. The van der Waals surface area contributed by atoms with Crippen molar-refractivity contribution in [2.75, 3.05) is 0 Å². The fraction of sp³-hybridized carbons (Fsp3) is 0. The predicted octanol–water partition coefficient (Wildman–Crippen LogP) is 4.89. The summed E-state index contributed by atoms with van der Waals surface area (Å²) in [4.78, 5) is 17.9. The zero-order chi connectivity index (χ0) is 28.8. The Morgan fingerprint density at radius 3 is 1.77 bits per heavy atom. The molecule has 0 radical (unpaired) electrons. The standard InChI is InChI=1S/C38H24N4O.Li/c43-33-20-19-30(31-16-9-21-39-35(31)33)34-29-15-8-7-14-26(29)22-27-17-18-28(23-32(27)34)38-41-36(24-10-3-1-4-11-24)40-37(42-38)25-12-5-2-6-13-25;/h1-23,43H;/q;+1. The van der Waals surface area contributed by atoms with Crippen molar-refractivity contribution in [3.63, 3.8) is 0 Å². The molecule has 2 heterocycles. The quantitative estimate of drug-likeness (QED) is 0.227. The molecule has 0 atom stereocenters. The predicted molar refractivity (Wildman–Crippen MR) is 170 cm³/mol. The van der Waals surface area contributed by atoms with Gasteiger partial charge in [-0.15, -0.1) is 0 Å². The molecule has 6 heteroatoms. The summed E-state index contributed by atoms with van der Waals surface area (Å²) in [5, 5.41) is 18.1. The smallest absolute Gasteiger partial charge is 0.868 e. The summed E-state index contributed by atoms with van der Waals surface area (Å²) in [7, 11) is 0. The Morgan fingerprint density at radius 1 is 0.477 bits per heavy atom. The molecule has 0 aliphatic carbocycles. The summed E-state index contributed by atoms with van der Waals surface area (Å²) in [5.41, 5.74) is 5.40. The van der Waals surface area contributed by atoms with E-state index in [1.165, 1.54) is 0 Å². The number of nitrogens with zero attached hydrogens (tertiary/aromatic N) is 3. The van der Waals surface area contributed by atoms with Crippen LogP contribution in [0.15, 0.2) is 140 Å². The molecule has 8 aromatic rings. The summed E-state index contributed by atoms with van der Waals surface area (Å²) in [6.45, 7) is 0. The molecule has 1 N–H and O–H groups in total. The first-order chi connectivity index (χ1) is 21.2. The van der Waals surface area contributed by atoms with Crippen molar-refractivity contribution >= 4 is 32.4 Å². The molecule has 5 nitrogen and oxygen atoms in total. The minimum absolute atomic E-state index is 0. The molecular formula is C38H24LiN4O+. The van der Waals surface area contributed by atoms with Gasteiger partial charge in [-0.25, -0.2) is 19.9 Å². The summed E-state index contributed by atoms with van der Waals surface area (Å²) in [5.74, 6) is 1.81. The second-order valence-corrected chi connectivity index (χ2v) is 10.5. The fourth-order valence-electron chi connectivity index (χ4n) is 5.84. The van der Waals surface area contributed by atoms with Gasteiger partial charge in [0.25, 0.3) is 0 Å². The number of rotatable bonds is 4. The van der Waals surface area contributed by atoms with E-state index in [0.717, 1.165) is 54.7 Å². The normalized spacial score (nSPS) is 11.1. The number of aromatic amines is 1. The third-order valence-corrected chi connectivity index (χ3v) is 7.88. The van der Waals surface area contributed by atoms with E-state index in [0.29, 0.717) is 23.0 Å². The Kier molecular flexibility index (Phi) is 7.11. The SMILES string of the molecule is [Li+].[O-]c1ccc(-c2c3ccccc3cc3ccc(-c4nc(-c5ccccc5)nc(-c5ccccc5)n4)cc23)c2ccc[nH+]c12. The first kappa shape index (κ1) is 27.5. The van der Waals surface area contributed by atoms with Gasteiger partial charge in [0, 0.05) is 22.8 Å². The van der Waals surface area contributed by atoms with E-state index in [1.54, 1.807) is 12.3 Å². The first-order valence-corrected chi connectivity index (χ1v) is 14.2. The maximum absolute atomic E-state index is 12.8. The van der Waals surface area contributed by atoms with Gasteiger partial charge in [0.1, 0.15) is 0 Å². The number of benzene rings is 6. The number of H-pyrrole nitrogens is 1. The van der Waals surface area contributed by atoms with Gasteiger partial charge in [0.2, 0.25) is 5.52 Å². The number of hydrogen-bond donors (Lipinski definition) is 0. The van der Waals surface area contributed by atoms with Crippen LogP contribution in [0.2, 0.25) is 0 Å². The molecule has 2 aromatic heterocycles. The maximum Gasteiger partial charge on any atom is 1.00 e. The van der Waals surface area contributed by atoms with Crippen LogP contribution in [0.1, 0.15) is 0 Å². The second kappa shape index (κ2) is 11.4. The molecule has 0 aliphatic heterocycles. The number of hydrogen-bond acceptors (Lipinski definition) is 4. The van der Waals surface area contributed by atoms with Crippen LogP contribution in [0, 0.1) is 0 Å². The zero-order valence-corrected chi connectivity index (χ0v) is 24.0. The molecule has 0 aliphatic rings. The molecule has 6 aromatic carbocycles. The second-order valence-electron chi connectivity index (χ2n) is 10.5. The molecule has 44 heavy (non-hydrogen) atoms. The van der Waals surface area contributed by atoms with Crippen LogP contribution in [0.3, 0.4) is 0 Å². The van der Waals surface area contributed by atoms with E-state index in [1.807, 2.05) is 78.9 Å². The Morgan fingerprint density at radius 2 is 1.07 bits per heavy atom. The summed E-state index contributed by atoms with van der Waals surface area (Å²) in [6.07, 6.45) is 1.79. The minimum Gasteiger partial charge on any atom is -0.868 e. The van der Waals surface area contributed by atoms with Crippen molar-refractivity contribution in [2.24, 2.45) is 0 Å². The Bertz CT molecular complexity index is 2250. The Hall–Kier alpha value is -5.34. The topological polar surface area (TPSA) is 75.9 Å². The van der Waals surface area contributed by atoms with Gasteiger partial charge in [-0.05, 0) is 56.6 Å². The molecule has 0 unspecified atom stereocenters. The van der Waals surface area contributed by atoms with Gasteiger partial charge < -0.3 is 5.11 Å². The third-order valence-electron chi connectivity index (χ3n) is 7.88. The van der Waals surface area contributed by atoms with Crippen LogP contribution in [0.25, 0.3) is 77.7 Å². The van der Waals surface area contributed by atoms with E-state index >= 15 is 0 Å².